The molecule has 2 amide bonds. The van der Waals surface area contributed by atoms with Gasteiger partial charge in [-0.1, -0.05) is 35.9 Å². The van der Waals surface area contributed by atoms with E-state index >= 15 is 0 Å². The topological polar surface area (TPSA) is 92.8 Å². The number of nitrogens with one attached hydrogen (secondary N) is 1. The summed E-state index contributed by atoms with van der Waals surface area (Å²) in [5, 5.41) is 2.88. The van der Waals surface area contributed by atoms with Crippen LogP contribution >= 0.6 is 0 Å². The number of ether oxygens (including phenoxy) is 1. The van der Waals surface area contributed by atoms with Gasteiger partial charge >= 0.3 is 0 Å². The van der Waals surface area contributed by atoms with Gasteiger partial charge in [-0.3, -0.25) is 9.59 Å². The van der Waals surface area contributed by atoms with Gasteiger partial charge in [0.25, 0.3) is 11.8 Å². The Hall–Kier alpha value is -3.49. The number of benzene rings is 3. The third kappa shape index (κ3) is 4.42. The Morgan fingerprint density at radius 2 is 1.86 bits per heavy atom. The molecule has 0 aliphatic carbocycles. The fraction of sp³-hybridized carbons (Fsp3) is 0.286. The number of anilines is 1. The van der Waals surface area contributed by atoms with E-state index in [1.54, 1.807) is 12.1 Å². The number of hydrogen-bond donors (Lipinski definition) is 1. The maximum absolute atomic E-state index is 13.8. The molecular weight excluding hydrogens is 476 g/mol. The highest BCUT2D eigenvalue weighted by molar-refractivity contribution is 7.91. The fourth-order valence-electron chi connectivity index (χ4n) is 4.76. The van der Waals surface area contributed by atoms with Crippen LogP contribution in [0.25, 0.3) is 0 Å². The van der Waals surface area contributed by atoms with Gasteiger partial charge in [-0.15, -0.1) is 0 Å². The highest BCUT2D eigenvalue weighted by Crippen LogP contribution is 2.38. The van der Waals surface area contributed by atoms with Gasteiger partial charge in [0.15, 0.2) is 0 Å². The molecule has 186 valence electrons. The van der Waals surface area contributed by atoms with Crippen LogP contribution in [0.1, 0.15) is 50.2 Å². The van der Waals surface area contributed by atoms with E-state index in [0.717, 1.165) is 29.5 Å². The van der Waals surface area contributed by atoms with Crippen molar-refractivity contribution < 1.29 is 22.7 Å². The number of carbonyl (C=O) groups excluding carboxylic acids is 2. The molecule has 1 atom stereocenters. The molecular formula is C28H28N2O5S. The molecule has 1 N–H and O–H groups in total. The van der Waals surface area contributed by atoms with Gasteiger partial charge in [0, 0.05) is 18.7 Å². The second-order valence-corrected chi connectivity index (χ2v) is 11.2. The fourth-order valence-corrected chi connectivity index (χ4v) is 6.39. The Bertz CT molecular complexity index is 1460. The molecule has 5 rings (SSSR count). The summed E-state index contributed by atoms with van der Waals surface area (Å²) in [5.74, 6) is -0.766. The van der Waals surface area contributed by atoms with Gasteiger partial charge in [0.05, 0.1) is 33.7 Å². The maximum Gasteiger partial charge on any atom is 0.259 e. The van der Waals surface area contributed by atoms with Crippen LogP contribution in [-0.2, 0) is 21.1 Å². The molecule has 1 saturated heterocycles. The lowest BCUT2D eigenvalue weighted by Gasteiger charge is -2.24. The molecule has 1 unspecified atom stereocenters. The molecule has 3 aromatic carbocycles. The zero-order valence-electron chi connectivity index (χ0n) is 20.3. The van der Waals surface area contributed by atoms with Gasteiger partial charge in [0.1, 0.15) is 0 Å². The second kappa shape index (κ2) is 9.52. The minimum Gasteiger partial charge on any atom is -0.376 e. The van der Waals surface area contributed by atoms with E-state index < -0.39 is 15.7 Å². The normalized spacial score (nSPS) is 18.3. The molecule has 0 bridgehead atoms. The summed E-state index contributed by atoms with van der Waals surface area (Å²) in [6.45, 7) is 5.16. The summed E-state index contributed by atoms with van der Waals surface area (Å²) in [6, 6.07) is 16.6. The van der Waals surface area contributed by atoms with Crippen molar-refractivity contribution in [1.29, 1.82) is 0 Å². The smallest absolute Gasteiger partial charge is 0.259 e. The van der Waals surface area contributed by atoms with Crippen LogP contribution in [0.15, 0.2) is 70.5 Å². The lowest BCUT2D eigenvalue weighted by molar-refractivity contribution is 0.0857. The van der Waals surface area contributed by atoms with Gasteiger partial charge < -0.3 is 15.0 Å². The number of fused-ring (bicyclic) bond motifs is 2. The lowest BCUT2D eigenvalue weighted by atomic mass is 10.0. The molecule has 2 aliphatic heterocycles. The molecule has 0 radical (unpaired) electrons. The lowest BCUT2D eigenvalue weighted by Crippen LogP contribution is -2.33. The molecule has 0 aromatic heterocycles. The predicted octanol–water partition coefficient (Wildman–Crippen LogP) is 4.21. The standard InChI is InChI=1S/C28H28N2O5S/c1-18-9-10-19(2)21(14-18)17-30-24-15-20(27(31)29-16-22-6-5-13-35-22)11-12-26(24)36(33,34)25-8-4-3-7-23(25)28(30)32/h3-4,7-12,14-15,22H,5-6,13,16-17H2,1-2H3,(H,29,31). The largest absolute Gasteiger partial charge is 0.376 e. The minimum atomic E-state index is -4.00. The Morgan fingerprint density at radius 3 is 2.64 bits per heavy atom. The third-order valence-corrected chi connectivity index (χ3v) is 8.66. The van der Waals surface area contributed by atoms with Crippen molar-refractivity contribution in [2.24, 2.45) is 0 Å². The van der Waals surface area contributed by atoms with Crippen LogP contribution in [0, 0.1) is 13.8 Å². The monoisotopic (exact) mass is 504 g/mol. The van der Waals surface area contributed by atoms with E-state index in [1.807, 2.05) is 32.0 Å². The van der Waals surface area contributed by atoms with Crippen molar-refractivity contribution >= 4 is 27.3 Å². The first-order valence-electron chi connectivity index (χ1n) is 12.0. The Kier molecular flexibility index (Phi) is 6.40. The van der Waals surface area contributed by atoms with Crippen LogP contribution in [0.3, 0.4) is 0 Å². The van der Waals surface area contributed by atoms with Crippen LogP contribution in [0.5, 0.6) is 0 Å². The van der Waals surface area contributed by atoms with Crippen molar-refractivity contribution in [2.45, 2.75) is 49.1 Å². The molecule has 2 aliphatic rings. The summed E-state index contributed by atoms with van der Waals surface area (Å²) in [7, 11) is -4.00. The van der Waals surface area contributed by atoms with Crippen molar-refractivity contribution in [2.75, 3.05) is 18.1 Å². The number of hydrogen-bond acceptors (Lipinski definition) is 5. The zero-order chi connectivity index (χ0) is 25.4. The maximum atomic E-state index is 13.8. The first-order chi connectivity index (χ1) is 17.3. The summed E-state index contributed by atoms with van der Waals surface area (Å²) in [5.41, 5.74) is 3.52. The average Bonchev–Trinajstić information content (AvgIpc) is 3.39. The van der Waals surface area contributed by atoms with Gasteiger partial charge in [-0.05, 0) is 68.1 Å². The average molecular weight is 505 g/mol. The Labute approximate surface area is 211 Å². The van der Waals surface area contributed by atoms with Gasteiger partial charge in [-0.2, -0.15) is 0 Å². The number of amides is 2. The van der Waals surface area contributed by atoms with Gasteiger partial charge in [-0.25, -0.2) is 8.42 Å². The van der Waals surface area contributed by atoms with E-state index in [0.29, 0.717) is 13.2 Å². The van der Waals surface area contributed by atoms with Crippen molar-refractivity contribution in [1.82, 2.24) is 5.32 Å². The summed E-state index contributed by atoms with van der Waals surface area (Å²) in [6.07, 6.45) is 1.83. The van der Waals surface area contributed by atoms with E-state index in [2.05, 4.69) is 5.32 Å². The highest BCUT2D eigenvalue weighted by Gasteiger charge is 2.36. The first-order valence-corrected chi connectivity index (χ1v) is 13.5. The van der Waals surface area contributed by atoms with Crippen LogP contribution in [0.2, 0.25) is 0 Å². The van der Waals surface area contributed by atoms with E-state index in [4.69, 9.17) is 4.74 Å². The third-order valence-electron chi connectivity index (χ3n) is 6.80. The second-order valence-electron chi connectivity index (χ2n) is 9.35. The highest BCUT2D eigenvalue weighted by atomic mass is 32.2. The van der Waals surface area contributed by atoms with Crippen LogP contribution in [-0.4, -0.2) is 39.5 Å². The molecule has 36 heavy (non-hydrogen) atoms. The summed E-state index contributed by atoms with van der Waals surface area (Å²) < 4.78 is 32.9. The minimum absolute atomic E-state index is 0.00165. The number of sulfone groups is 1. The molecule has 0 spiro atoms. The Balaban J connectivity index is 1.60. The molecule has 8 heteroatoms. The molecule has 7 nitrogen and oxygen atoms in total. The van der Waals surface area contributed by atoms with Crippen LogP contribution < -0.4 is 10.2 Å². The zero-order valence-corrected chi connectivity index (χ0v) is 21.1. The van der Waals surface area contributed by atoms with E-state index in [1.165, 1.54) is 35.2 Å². The summed E-state index contributed by atoms with van der Waals surface area (Å²) in [4.78, 5) is 28.2. The molecule has 3 aromatic rings. The molecule has 0 saturated carbocycles. The predicted molar refractivity (Wildman–Crippen MR) is 136 cm³/mol. The van der Waals surface area contributed by atoms with E-state index in [-0.39, 0.29) is 45.2 Å². The van der Waals surface area contributed by atoms with Crippen molar-refractivity contribution in [3.8, 4) is 0 Å². The van der Waals surface area contributed by atoms with E-state index in [9.17, 15) is 18.0 Å². The summed E-state index contributed by atoms with van der Waals surface area (Å²) >= 11 is 0. The molecule has 2 heterocycles. The number of carbonyl (C=O) groups is 2. The number of rotatable bonds is 5. The molecule has 1 fully saturated rings. The number of nitrogens with zero attached hydrogens (tertiary/aromatic N) is 1. The SMILES string of the molecule is Cc1ccc(C)c(CN2C(=O)c3ccccc3S(=O)(=O)c3ccc(C(=O)NCC4CCCO4)cc32)c1. The first kappa shape index (κ1) is 24.2. The number of aryl methyl sites for hydroxylation is 2. The quantitative estimate of drug-likeness (QED) is 0.562. The van der Waals surface area contributed by atoms with Crippen molar-refractivity contribution in [3.63, 3.8) is 0 Å². The Morgan fingerprint density at radius 1 is 1.06 bits per heavy atom. The van der Waals surface area contributed by atoms with Crippen molar-refractivity contribution in [3.05, 3.63) is 88.5 Å². The van der Waals surface area contributed by atoms with Gasteiger partial charge in [0.2, 0.25) is 9.84 Å². The van der Waals surface area contributed by atoms with Crippen LogP contribution in [0.4, 0.5) is 5.69 Å².